The minimum atomic E-state index is 0.482. The van der Waals surface area contributed by atoms with Crippen LogP contribution in [0, 0.1) is 5.92 Å². The zero-order valence-electron chi connectivity index (χ0n) is 8.68. The van der Waals surface area contributed by atoms with Crippen LogP contribution in [-0.4, -0.2) is 48.1 Å². The van der Waals surface area contributed by atoms with Crippen LogP contribution in [0.4, 0.5) is 0 Å². The maximum absolute atomic E-state index is 3.34. The van der Waals surface area contributed by atoms with E-state index >= 15 is 0 Å². The van der Waals surface area contributed by atoms with Gasteiger partial charge in [0.15, 0.2) is 0 Å². The summed E-state index contributed by atoms with van der Waals surface area (Å²) in [5.74, 6) is 2.24. The Morgan fingerprint density at radius 2 is 2.23 bits per heavy atom. The second-order valence-corrected chi connectivity index (χ2v) is 6.67. The van der Waals surface area contributed by atoms with E-state index in [4.69, 9.17) is 0 Å². The first-order valence-electron chi connectivity index (χ1n) is 5.23. The van der Waals surface area contributed by atoms with E-state index in [9.17, 15) is 0 Å². The first kappa shape index (κ1) is 9.81. The summed E-state index contributed by atoms with van der Waals surface area (Å²) in [7, 11) is 0. The molecule has 3 heteroatoms. The van der Waals surface area contributed by atoms with Crippen molar-refractivity contribution in [2.45, 2.75) is 18.6 Å². The molecule has 2 nitrogen and oxygen atoms in total. The minimum Gasteiger partial charge on any atom is -0.316 e. The number of nitrogens with zero attached hydrogens (tertiary/aromatic N) is 1. The average Bonchev–Trinajstić information content (AvgIpc) is 1.95. The van der Waals surface area contributed by atoms with Crippen molar-refractivity contribution in [1.82, 2.24) is 10.2 Å². The van der Waals surface area contributed by atoms with Gasteiger partial charge < -0.3 is 10.2 Å². The lowest BCUT2D eigenvalue weighted by Gasteiger charge is -2.41. The van der Waals surface area contributed by atoms with E-state index in [1.807, 2.05) is 0 Å². The van der Waals surface area contributed by atoms with Gasteiger partial charge in [0, 0.05) is 43.2 Å². The molecule has 2 heterocycles. The Morgan fingerprint density at radius 1 is 1.46 bits per heavy atom. The first-order chi connectivity index (χ1) is 6.16. The quantitative estimate of drug-likeness (QED) is 0.717. The standard InChI is InChI=1S/C10H20N2S/c1-10(2)8-12(3-4-13-10)7-9-5-11-6-9/h9,11H,3-8H2,1-2H3. The van der Waals surface area contributed by atoms with Gasteiger partial charge in [-0.1, -0.05) is 0 Å². The molecule has 2 fully saturated rings. The Kier molecular flexibility index (Phi) is 2.86. The van der Waals surface area contributed by atoms with Crippen molar-refractivity contribution in [3.05, 3.63) is 0 Å². The van der Waals surface area contributed by atoms with E-state index in [0.717, 1.165) is 5.92 Å². The van der Waals surface area contributed by atoms with Crippen molar-refractivity contribution in [3.8, 4) is 0 Å². The Balaban J connectivity index is 1.78. The van der Waals surface area contributed by atoms with Crippen LogP contribution in [0.2, 0.25) is 0 Å². The molecule has 2 aliphatic rings. The number of nitrogens with one attached hydrogen (secondary N) is 1. The molecule has 0 aliphatic carbocycles. The Bertz CT molecular complexity index is 178. The van der Waals surface area contributed by atoms with Crippen molar-refractivity contribution < 1.29 is 0 Å². The van der Waals surface area contributed by atoms with Crippen LogP contribution >= 0.6 is 11.8 Å². The van der Waals surface area contributed by atoms with Crippen LogP contribution in [0.1, 0.15) is 13.8 Å². The van der Waals surface area contributed by atoms with Crippen LogP contribution in [-0.2, 0) is 0 Å². The highest BCUT2D eigenvalue weighted by Gasteiger charge is 2.29. The lowest BCUT2D eigenvalue weighted by Crippen LogP contribution is -2.52. The number of hydrogen-bond donors (Lipinski definition) is 1. The van der Waals surface area contributed by atoms with Crippen molar-refractivity contribution in [3.63, 3.8) is 0 Å². The Hall–Kier alpha value is 0.270. The van der Waals surface area contributed by atoms with E-state index in [0.29, 0.717) is 4.75 Å². The van der Waals surface area contributed by atoms with Crippen LogP contribution < -0.4 is 5.32 Å². The van der Waals surface area contributed by atoms with Gasteiger partial charge in [0.05, 0.1) is 0 Å². The SMILES string of the molecule is CC1(C)CN(CC2CNC2)CCS1. The maximum atomic E-state index is 3.34. The third-order valence-electron chi connectivity index (χ3n) is 2.89. The largest absolute Gasteiger partial charge is 0.316 e. The third-order valence-corrected chi connectivity index (χ3v) is 4.18. The summed E-state index contributed by atoms with van der Waals surface area (Å²) in [5.41, 5.74) is 0. The normalized spacial score (nSPS) is 30.0. The molecule has 0 unspecified atom stereocenters. The number of hydrogen-bond acceptors (Lipinski definition) is 3. The molecule has 2 rings (SSSR count). The molecule has 2 saturated heterocycles. The average molecular weight is 200 g/mol. The predicted octanol–water partition coefficient (Wildman–Crippen LogP) is 1.03. The Morgan fingerprint density at radius 3 is 2.77 bits per heavy atom. The lowest BCUT2D eigenvalue weighted by atomic mass is 10.0. The summed E-state index contributed by atoms with van der Waals surface area (Å²) < 4.78 is 0.482. The Labute approximate surface area is 85.4 Å². The smallest absolute Gasteiger partial charge is 0.0231 e. The summed E-state index contributed by atoms with van der Waals surface area (Å²) >= 11 is 2.12. The maximum Gasteiger partial charge on any atom is 0.0231 e. The van der Waals surface area contributed by atoms with Crippen molar-refractivity contribution in [2.75, 3.05) is 38.5 Å². The number of thioether (sulfide) groups is 1. The highest BCUT2D eigenvalue weighted by Crippen LogP contribution is 2.29. The van der Waals surface area contributed by atoms with Crippen molar-refractivity contribution in [2.24, 2.45) is 5.92 Å². The lowest BCUT2D eigenvalue weighted by molar-refractivity contribution is 0.186. The van der Waals surface area contributed by atoms with Crippen LogP contribution in [0.15, 0.2) is 0 Å². The zero-order valence-corrected chi connectivity index (χ0v) is 9.49. The molecule has 13 heavy (non-hydrogen) atoms. The van der Waals surface area contributed by atoms with Gasteiger partial charge in [-0.2, -0.15) is 11.8 Å². The van der Waals surface area contributed by atoms with Crippen molar-refractivity contribution in [1.29, 1.82) is 0 Å². The molecule has 0 bridgehead atoms. The summed E-state index contributed by atoms with van der Waals surface area (Å²) in [6.45, 7) is 11.1. The van der Waals surface area contributed by atoms with Crippen LogP contribution in [0.3, 0.4) is 0 Å². The van der Waals surface area contributed by atoms with Crippen molar-refractivity contribution >= 4 is 11.8 Å². The van der Waals surface area contributed by atoms with Gasteiger partial charge in [0.25, 0.3) is 0 Å². The fraction of sp³-hybridized carbons (Fsp3) is 1.00. The molecule has 0 aromatic rings. The highest BCUT2D eigenvalue weighted by molar-refractivity contribution is 8.00. The molecule has 0 radical (unpaired) electrons. The molecule has 0 saturated carbocycles. The summed E-state index contributed by atoms with van der Waals surface area (Å²) in [6.07, 6.45) is 0. The molecular weight excluding hydrogens is 180 g/mol. The zero-order chi connectivity index (χ0) is 9.31. The molecule has 76 valence electrons. The van der Waals surface area contributed by atoms with Gasteiger partial charge in [-0.15, -0.1) is 0 Å². The van der Waals surface area contributed by atoms with Gasteiger partial charge in [0.2, 0.25) is 0 Å². The van der Waals surface area contributed by atoms with Gasteiger partial charge in [-0.25, -0.2) is 0 Å². The van der Waals surface area contributed by atoms with Gasteiger partial charge in [-0.3, -0.25) is 0 Å². The van der Waals surface area contributed by atoms with Crippen LogP contribution in [0.25, 0.3) is 0 Å². The van der Waals surface area contributed by atoms with E-state index in [1.54, 1.807) is 0 Å². The molecular formula is C10H20N2S. The minimum absolute atomic E-state index is 0.482. The molecule has 0 aromatic heterocycles. The van der Waals surface area contributed by atoms with E-state index < -0.39 is 0 Å². The monoisotopic (exact) mass is 200 g/mol. The van der Waals surface area contributed by atoms with Gasteiger partial charge >= 0.3 is 0 Å². The predicted molar refractivity (Wildman–Crippen MR) is 59.3 cm³/mol. The summed E-state index contributed by atoms with van der Waals surface area (Å²) in [5, 5.41) is 3.34. The summed E-state index contributed by atoms with van der Waals surface area (Å²) in [4.78, 5) is 2.64. The van der Waals surface area contributed by atoms with E-state index in [-0.39, 0.29) is 0 Å². The molecule has 0 atom stereocenters. The summed E-state index contributed by atoms with van der Waals surface area (Å²) in [6, 6.07) is 0. The van der Waals surface area contributed by atoms with Crippen LogP contribution in [0.5, 0.6) is 0 Å². The highest BCUT2D eigenvalue weighted by atomic mass is 32.2. The molecule has 0 spiro atoms. The molecule has 0 amide bonds. The van der Waals surface area contributed by atoms with Gasteiger partial charge in [0.1, 0.15) is 0 Å². The molecule has 0 aromatic carbocycles. The third kappa shape index (κ3) is 2.61. The topological polar surface area (TPSA) is 15.3 Å². The molecule has 1 N–H and O–H groups in total. The second-order valence-electron chi connectivity index (χ2n) is 4.87. The fourth-order valence-electron chi connectivity index (χ4n) is 2.11. The number of rotatable bonds is 2. The van der Waals surface area contributed by atoms with E-state index in [2.05, 4.69) is 35.8 Å². The fourth-order valence-corrected chi connectivity index (χ4v) is 3.29. The molecule has 2 aliphatic heterocycles. The van der Waals surface area contributed by atoms with E-state index in [1.165, 1.54) is 38.5 Å². The first-order valence-corrected chi connectivity index (χ1v) is 6.21. The van der Waals surface area contributed by atoms with Gasteiger partial charge in [-0.05, 0) is 19.8 Å². The second kappa shape index (κ2) is 3.79.